The van der Waals surface area contributed by atoms with E-state index in [1.165, 1.54) is 12.1 Å². The summed E-state index contributed by atoms with van der Waals surface area (Å²) in [7, 11) is 0. The third-order valence-corrected chi connectivity index (χ3v) is 3.36. The van der Waals surface area contributed by atoms with Gasteiger partial charge in [0.1, 0.15) is 0 Å². The van der Waals surface area contributed by atoms with Crippen molar-refractivity contribution in [2.24, 2.45) is 0 Å². The molecule has 1 aliphatic rings. The number of ether oxygens (including phenoxy) is 1. The van der Waals surface area contributed by atoms with Crippen molar-refractivity contribution in [1.29, 1.82) is 0 Å². The average Bonchev–Trinajstić information content (AvgIpc) is 2.37. The zero-order chi connectivity index (χ0) is 14.9. The van der Waals surface area contributed by atoms with Crippen molar-refractivity contribution in [3.8, 4) is 0 Å². The van der Waals surface area contributed by atoms with Crippen LogP contribution in [0.1, 0.15) is 29.8 Å². The lowest BCUT2D eigenvalue weighted by Crippen LogP contribution is -2.52. The Morgan fingerprint density at radius 1 is 1.15 bits per heavy atom. The predicted molar refractivity (Wildman–Crippen MR) is 67.4 cm³/mol. The number of amides is 1. The summed E-state index contributed by atoms with van der Waals surface area (Å²) < 4.78 is 42.8. The molecule has 0 bridgehead atoms. The Hall–Kier alpha value is -1.56. The van der Waals surface area contributed by atoms with Gasteiger partial charge in [0, 0.05) is 5.56 Å². The molecular formula is C14H16F3NO2. The van der Waals surface area contributed by atoms with Crippen LogP contribution in [0.4, 0.5) is 13.2 Å². The van der Waals surface area contributed by atoms with Crippen LogP contribution in [0.15, 0.2) is 24.3 Å². The van der Waals surface area contributed by atoms with E-state index in [1.54, 1.807) is 4.90 Å². The highest BCUT2D eigenvalue weighted by molar-refractivity contribution is 5.94. The Morgan fingerprint density at radius 3 is 2.10 bits per heavy atom. The molecule has 20 heavy (non-hydrogen) atoms. The highest BCUT2D eigenvalue weighted by Crippen LogP contribution is 2.29. The van der Waals surface area contributed by atoms with Crippen LogP contribution in [0, 0.1) is 0 Å². The van der Waals surface area contributed by atoms with Crippen LogP contribution in [0.25, 0.3) is 0 Å². The summed E-state index contributed by atoms with van der Waals surface area (Å²) in [6.45, 7) is 4.60. The fraction of sp³-hybridized carbons (Fsp3) is 0.500. The first kappa shape index (κ1) is 14.8. The Balaban J connectivity index is 2.20. The van der Waals surface area contributed by atoms with Gasteiger partial charge in [0.2, 0.25) is 0 Å². The molecule has 1 aromatic rings. The van der Waals surface area contributed by atoms with Crippen molar-refractivity contribution < 1.29 is 22.7 Å². The monoisotopic (exact) mass is 287 g/mol. The van der Waals surface area contributed by atoms with Gasteiger partial charge < -0.3 is 9.64 Å². The highest BCUT2D eigenvalue weighted by Gasteiger charge is 2.32. The lowest BCUT2D eigenvalue weighted by atomic mass is 10.1. The Kier molecular flexibility index (Phi) is 4.04. The van der Waals surface area contributed by atoms with Crippen LogP contribution in [-0.2, 0) is 10.9 Å². The molecule has 2 unspecified atom stereocenters. The molecule has 2 rings (SSSR count). The maximum Gasteiger partial charge on any atom is 0.416 e. The molecule has 1 fully saturated rings. The number of hydrogen-bond donors (Lipinski definition) is 0. The van der Waals surface area contributed by atoms with Gasteiger partial charge in [-0.3, -0.25) is 4.79 Å². The maximum absolute atomic E-state index is 12.5. The molecule has 2 atom stereocenters. The molecule has 0 aromatic heterocycles. The smallest absolute Gasteiger partial charge is 0.377 e. The molecule has 1 aliphatic heterocycles. The van der Waals surface area contributed by atoms with Crippen molar-refractivity contribution in [1.82, 2.24) is 4.90 Å². The summed E-state index contributed by atoms with van der Waals surface area (Å²) in [6.07, 6.45) is -4.39. The molecule has 0 aliphatic carbocycles. The predicted octanol–water partition coefficient (Wildman–Crippen LogP) is 2.95. The van der Waals surface area contributed by atoms with E-state index in [1.807, 2.05) is 13.8 Å². The van der Waals surface area contributed by atoms with Crippen molar-refractivity contribution in [3.05, 3.63) is 35.4 Å². The number of benzene rings is 1. The van der Waals surface area contributed by atoms with E-state index in [-0.39, 0.29) is 23.6 Å². The lowest BCUT2D eigenvalue weighted by Gasteiger charge is -2.38. The molecule has 0 saturated carbocycles. The van der Waals surface area contributed by atoms with Gasteiger partial charge >= 0.3 is 6.18 Å². The summed E-state index contributed by atoms with van der Waals surface area (Å²) in [5, 5.41) is 0. The van der Waals surface area contributed by atoms with Gasteiger partial charge in [-0.25, -0.2) is 0 Å². The molecule has 1 saturated heterocycles. The van der Waals surface area contributed by atoms with E-state index in [2.05, 4.69) is 0 Å². The summed E-state index contributed by atoms with van der Waals surface area (Å²) in [5.41, 5.74) is -0.490. The minimum absolute atomic E-state index is 0.0893. The largest absolute Gasteiger partial charge is 0.416 e. The number of hydrogen-bond acceptors (Lipinski definition) is 2. The third-order valence-electron chi connectivity index (χ3n) is 3.36. The second-order valence-corrected chi connectivity index (χ2v) is 5.02. The third kappa shape index (κ3) is 2.95. The first-order valence-corrected chi connectivity index (χ1v) is 6.38. The normalized spacial score (nSPS) is 23.8. The molecular weight excluding hydrogens is 271 g/mol. The SMILES string of the molecule is CC1COCC(C)N1C(=O)c1ccc(C(F)(F)F)cc1. The zero-order valence-corrected chi connectivity index (χ0v) is 11.3. The van der Waals surface area contributed by atoms with Crippen LogP contribution in [0.5, 0.6) is 0 Å². The molecule has 6 heteroatoms. The van der Waals surface area contributed by atoms with E-state index < -0.39 is 11.7 Å². The van der Waals surface area contributed by atoms with Gasteiger partial charge in [0.25, 0.3) is 5.91 Å². The standard InChI is InChI=1S/C14H16F3NO2/c1-9-7-20-8-10(2)18(9)13(19)11-3-5-12(6-4-11)14(15,16)17/h3-6,9-10H,7-8H2,1-2H3. The number of carbonyl (C=O) groups is 1. The van der Waals surface area contributed by atoms with Gasteiger partial charge in [-0.05, 0) is 38.1 Å². The number of rotatable bonds is 1. The molecule has 1 heterocycles. The van der Waals surface area contributed by atoms with E-state index in [9.17, 15) is 18.0 Å². The van der Waals surface area contributed by atoms with Gasteiger partial charge in [-0.15, -0.1) is 0 Å². The summed E-state index contributed by atoms with van der Waals surface area (Å²) in [4.78, 5) is 14.0. The van der Waals surface area contributed by atoms with Gasteiger partial charge in [-0.1, -0.05) is 0 Å². The molecule has 110 valence electrons. The second-order valence-electron chi connectivity index (χ2n) is 5.02. The number of alkyl halides is 3. The minimum Gasteiger partial charge on any atom is -0.377 e. The lowest BCUT2D eigenvalue weighted by molar-refractivity contribution is -0.137. The number of halogens is 3. The molecule has 1 aromatic carbocycles. The van der Waals surface area contributed by atoms with E-state index in [4.69, 9.17) is 4.74 Å². The Labute approximate surface area is 115 Å². The van der Waals surface area contributed by atoms with Crippen LogP contribution in [0.2, 0.25) is 0 Å². The molecule has 0 radical (unpaired) electrons. The number of morpholine rings is 1. The molecule has 0 N–H and O–H groups in total. The average molecular weight is 287 g/mol. The van der Waals surface area contributed by atoms with Crippen LogP contribution >= 0.6 is 0 Å². The Morgan fingerprint density at radius 2 is 1.65 bits per heavy atom. The zero-order valence-electron chi connectivity index (χ0n) is 11.3. The highest BCUT2D eigenvalue weighted by atomic mass is 19.4. The van der Waals surface area contributed by atoms with Crippen molar-refractivity contribution in [3.63, 3.8) is 0 Å². The fourth-order valence-corrected chi connectivity index (χ4v) is 2.36. The van der Waals surface area contributed by atoms with E-state index >= 15 is 0 Å². The summed E-state index contributed by atoms with van der Waals surface area (Å²) in [5.74, 6) is -0.262. The van der Waals surface area contributed by atoms with E-state index in [0.717, 1.165) is 12.1 Å². The summed E-state index contributed by atoms with van der Waals surface area (Å²) in [6, 6.07) is 4.13. The first-order chi connectivity index (χ1) is 9.30. The first-order valence-electron chi connectivity index (χ1n) is 6.38. The fourth-order valence-electron chi connectivity index (χ4n) is 2.36. The second kappa shape index (κ2) is 5.44. The van der Waals surface area contributed by atoms with Gasteiger partial charge in [0.05, 0.1) is 30.9 Å². The van der Waals surface area contributed by atoms with Crippen LogP contribution in [-0.4, -0.2) is 36.1 Å². The number of carbonyl (C=O) groups excluding carboxylic acids is 1. The molecule has 1 amide bonds. The topological polar surface area (TPSA) is 29.5 Å². The van der Waals surface area contributed by atoms with Crippen LogP contribution in [0.3, 0.4) is 0 Å². The van der Waals surface area contributed by atoms with E-state index in [0.29, 0.717) is 13.2 Å². The minimum atomic E-state index is -4.39. The van der Waals surface area contributed by atoms with Crippen molar-refractivity contribution >= 4 is 5.91 Å². The molecule has 0 spiro atoms. The number of nitrogens with zero attached hydrogens (tertiary/aromatic N) is 1. The Bertz CT molecular complexity index is 474. The van der Waals surface area contributed by atoms with Crippen LogP contribution < -0.4 is 0 Å². The van der Waals surface area contributed by atoms with Crippen molar-refractivity contribution in [2.45, 2.75) is 32.1 Å². The van der Waals surface area contributed by atoms with Crippen molar-refractivity contribution in [2.75, 3.05) is 13.2 Å². The quantitative estimate of drug-likeness (QED) is 0.794. The maximum atomic E-state index is 12.5. The summed E-state index contributed by atoms with van der Waals surface area (Å²) >= 11 is 0. The van der Waals surface area contributed by atoms with Gasteiger partial charge in [0.15, 0.2) is 0 Å². The van der Waals surface area contributed by atoms with Gasteiger partial charge in [-0.2, -0.15) is 13.2 Å². The molecule has 3 nitrogen and oxygen atoms in total.